The minimum absolute atomic E-state index is 0.750. The highest BCUT2D eigenvalue weighted by atomic mass is 35.5. The highest BCUT2D eigenvalue weighted by molar-refractivity contribution is 7.13. The summed E-state index contributed by atoms with van der Waals surface area (Å²) in [5.74, 6) is 1.54. The summed E-state index contributed by atoms with van der Waals surface area (Å²) in [5.41, 5.74) is 0. The molecule has 1 aliphatic rings. The van der Waals surface area contributed by atoms with Crippen molar-refractivity contribution in [3.8, 4) is 0 Å². The van der Waals surface area contributed by atoms with E-state index in [-0.39, 0.29) is 0 Å². The second-order valence-corrected chi connectivity index (χ2v) is 6.27. The number of anilines is 1. The van der Waals surface area contributed by atoms with E-state index in [4.69, 9.17) is 11.6 Å². The first-order valence-corrected chi connectivity index (χ1v) is 8.13. The zero-order valence-corrected chi connectivity index (χ0v) is 12.6. The van der Waals surface area contributed by atoms with Gasteiger partial charge in [0.1, 0.15) is 0 Å². The van der Waals surface area contributed by atoms with Crippen molar-refractivity contribution in [2.45, 2.75) is 19.8 Å². The van der Waals surface area contributed by atoms with Gasteiger partial charge in [0.05, 0.1) is 0 Å². The molecule has 1 saturated heterocycles. The Morgan fingerprint density at radius 3 is 2.72 bits per heavy atom. The van der Waals surface area contributed by atoms with Gasteiger partial charge in [0.2, 0.25) is 0 Å². The van der Waals surface area contributed by atoms with Crippen LogP contribution in [0.2, 0.25) is 0 Å². The maximum Gasteiger partial charge on any atom is 0.185 e. The highest BCUT2D eigenvalue weighted by Gasteiger charge is 2.18. The molecule has 1 aromatic rings. The van der Waals surface area contributed by atoms with Gasteiger partial charge in [-0.15, -0.1) is 22.9 Å². The third-order valence-electron chi connectivity index (χ3n) is 3.60. The van der Waals surface area contributed by atoms with E-state index >= 15 is 0 Å². The van der Waals surface area contributed by atoms with Crippen LogP contribution in [-0.4, -0.2) is 48.5 Å². The van der Waals surface area contributed by atoms with E-state index in [1.807, 2.05) is 6.20 Å². The van der Waals surface area contributed by atoms with Crippen molar-refractivity contribution in [3.63, 3.8) is 0 Å². The van der Waals surface area contributed by atoms with Crippen LogP contribution < -0.4 is 4.90 Å². The van der Waals surface area contributed by atoms with Crippen molar-refractivity contribution >= 4 is 28.1 Å². The maximum absolute atomic E-state index is 5.77. The lowest BCUT2D eigenvalue weighted by molar-refractivity contribution is 0.240. The molecule has 0 N–H and O–H groups in total. The van der Waals surface area contributed by atoms with Crippen LogP contribution in [0.1, 0.15) is 19.8 Å². The van der Waals surface area contributed by atoms with Gasteiger partial charge < -0.3 is 4.90 Å². The summed E-state index contributed by atoms with van der Waals surface area (Å²) in [5, 5.41) is 3.22. The van der Waals surface area contributed by atoms with Gasteiger partial charge in [-0.25, -0.2) is 4.98 Å². The van der Waals surface area contributed by atoms with Gasteiger partial charge in [-0.2, -0.15) is 0 Å². The van der Waals surface area contributed by atoms with E-state index in [9.17, 15) is 0 Å². The van der Waals surface area contributed by atoms with E-state index in [0.29, 0.717) is 0 Å². The summed E-state index contributed by atoms with van der Waals surface area (Å²) in [6.45, 7) is 8.05. The number of thiazole rings is 1. The van der Waals surface area contributed by atoms with Crippen molar-refractivity contribution in [2.24, 2.45) is 5.92 Å². The molecule has 1 atom stereocenters. The molecule has 0 bridgehead atoms. The van der Waals surface area contributed by atoms with Gasteiger partial charge in [-0.05, 0) is 25.3 Å². The van der Waals surface area contributed by atoms with Gasteiger partial charge >= 0.3 is 0 Å². The molecule has 102 valence electrons. The molecule has 0 amide bonds. The molecule has 1 aromatic heterocycles. The molecule has 0 radical (unpaired) electrons. The molecule has 3 nitrogen and oxygen atoms in total. The van der Waals surface area contributed by atoms with Crippen LogP contribution in [0, 0.1) is 5.92 Å². The number of nitrogens with zero attached hydrogens (tertiary/aromatic N) is 3. The predicted octanol–water partition coefficient (Wildman–Crippen LogP) is 2.92. The Balaban J connectivity index is 1.67. The van der Waals surface area contributed by atoms with Crippen LogP contribution in [0.25, 0.3) is 0 Å². The summed E-state index contributed by atoms with van der Waals surface area (Å²) in [6, 6.07) is 0. The van der Waals surface area contributed by atoms with Crippen LogP contribution in [-0.2, 0) is 0 Å². The molecule has 0 saturated carbocycles. The summed E-state index contributed by atoms with van der Waals surface area (Å²) in [7, 11) is 0. The highest BCUT2D eigenvalue weighted by Crippen LogP contribution is 2.19. The van der Waals surface area contributed by atoms with E-state index in [0.717, 1.165) is 44.4 Å². The number of alkyl halides is 1. The average Bonchev–Trinajstić information content (AvgIpc) is 2.91. The first-order valence-electron chi connectivity index (χ1n) is 6.72. The minimum atomic E-state index is 0.750. The smallest absolute Gasteiger partial charge is 0.185 e. The lowest BCUT2D eigenvalue weighted by atomic mass is 10.0. The second-order valence-electron chi connectivity index (χ2n) is 5.01. The van der Waals surface area contributed by atoms with Crippen LogP contribution in [0.4, 0.5) is 5.13 Å². The van der Waals surface area contributed by atoms with Crippen molar-refractivity contribution in [1.29, 1.82) is 0 Å². The Hall–Kier alpha value is -0.320. The molecule has 0 aliphatic carbocycles. The molecule has 1 aliphatic heterocycles. The summed E-state index contributed by atoms with van der Waals surface area (Å²) < 4.78 is 0. The number of hydrogen-bond donors (Lipinski definition) is 0. The minimum Gasteiger partial charge on any atom is -0.346 e. The van der Waals surface area contributed by atoms with E-state index in [2.05, 4.69) is 27.1 Å². The molecular formula is C13H22ClN3S. The third-order valence-corrected chi connectivity index (χ3v) is 4.65. The van der Waals surface area contributed by atoms with E-state index in [1.54, 1.807) is 11.3 Å². The number of hydrogen-bond acceptors (Lipinski definition) is 4. The summed E-state index contributed by atoms with van der Waals surface area (Å²) in [4.78, 5) is 9.33. The Labute approximate surface area is 119 Å². The molecule has 2 rings (SSSR count). The van der Waals surface area contributed by atoms with Gasteiger partial charge in [-0.1, -0.05) is 6.92 Å². The molecule has 1 unspecified atom stereocenters. The molecule has 2 heterocycles. The molecule has 0 aromatic carbocycles. The number of halogens is 1. The number of piperazine rings is 1. The maximum atomic E-state index is 5.77. The summed E-state index contributed by atoms with van der Waals surface area (Å²) >= 11 is 7.51. The zero-order chi connectivity index (χ0) is 12.8. The second kappa shape index (κ2) is 7.31. The van der Waals surface area contributed by atoms with Crippen LogP contribution in [0.3, 0.4) is 0 Å². The Kier molecular flexibility index (Phi) is 5.73. The summed E-state index contributed by atoms with van der Waals surface area (Å²) in [6.07, 6.45) is 4.30. The van der Waals surface area contributed by atoms with Crippen molar-refractivity contribution < 1.29 is 0 Å². The standard InChI is InChI=1S/C13H22ClN3S/c1-12(2-4-14)3-6-16-7-9-17(10-8-16)13-15-5-11-18-13/h5,11-12H,2-4,6-10H2,1H3. The van der Waals surface area contributed by atoms with Crippen molar-refractivity contribution in [1.82, 2.24) is 9.88 Å². The number of rotatable bonds is 6. The fourth-order valence-electron chi connectivity index (χ4n) is 2.27. The van der Waals surface area contributed by atoms with Crippen molar-refractivity contribution in [3.05, 3.63) is 11.6 Å². The molecular weight excluding hydrogens is 266 g/mol. The first kappa shape index (κ1) is 14.1. The Morgan fingerprint density at radius 1 is 1.33 bits per heavy atom. The zero-order valence-electron chi connectivity index (χ0n) is 11.0. The van der Waals surface area contributed by atoms with Crippen LogP contribution in [0.15, 0.2) is 11.6 Å². The quantitative estimate of drug-likeness (QED) is 0.750. The van der Waals surface area contributed by atoms with Gasteiger partial charge in [0.25, 0.3) is 0 Å². The molecule has 0 spiro atoms. The molecule has 18 heavy (non-hydrogen) atoms. The Bertz CT molecular complexity index is 323. The fraction of sp³-hybridized carbons (Fsp3) is 0.769. The van der Waals surface area contributed by atoms with Gasteiger partial charge in [0, 0.05) is 43.6 Å². The first-order chi connectivity index (χ1) is 8.79. The van der Waals surface area contributed by atoms with Crippen molar-refractivity contribution in [2.75, 3.05) is 43.5 Å². The average molecular weight is 288 g/mol. The van der Waals surface area contributed by atoms with Gasteiger partial charge in [0.15, 0.2) is 5.13 Å². The normalized spacial score (nSPS) is 19.1. The topological polar surface area (TPSA) is 19.4 Å². The van der Waals surface area contributed by atoms with Gasteiger partial charge in [-0.3, -0.25) is 4.90 Å². The van der Waals surface area contributed by atoms with Crippen LogP contribution in [0.5, 0.6) is 0 Å². The third kappa shape index (κ3) is 4.11. The Morgan fingerprint density at radius 2 is 2.11 bits per heavy atom. The lowest BCUT2D eigenvalue weighted by Gasteiger charge is -2.35. The van der Waals surface area contributed by atoms with Crippen LogP contribution >= 0.6 is 22.9 Å². The lowest BCUT2D eigenvalue weighted by Crippen LogP contribution is -2.46. The fourth-order valence-corrected chi connectivity index (χ4v) is 3.34. The SMILES string of the molecule is CC(CCCl)CCN1CCN(c2nccs2)CC1. The molecule has 1 fully saturated rings. The largest absolute Gasteiger partial charge is 0.346 e. The number of aromatic nitrogens is 1. The monoisotopic (exact) mass is 287 g/mol. The predicted molar refractivity (Wildman–Crippen MR) is 79.9 cm³/mol. The van der Waals surface area contributed by atoms with E-state index < -0.39 is 0 Å². The molecule has 5 heteroatoms. The van der Waals surface area contributed by atoms with E-state index in [1.165, 1.54) is 18.1 Å².